The molecule has 2 rings (SSSR count). The minimum Gasteiger partial charge on any atom is -0.457 e. The van der Waals surface area contributed by atoms with E-state index in [1.807, 2.05) is 49.3 Å². The third-order valence-electron chi connectivity index (χ3n) is 4.07. The van der Waals surface area contributed by atoms with E-state index in [1.54, 1.807) is 38.1 Å². The van der Waals surface area contributed by atoms with Gasteiger partial charge in [-0.3, -0.25) is 9.59 Å². The Kier molecular flexibility index (Phi) is 6.96. The molecule has 0 atom stereocenters. The van der Waals surface area contributed by atoms with Crippen molar-refractivity contribution in [2.45, 2.75) is 13.8 Å². The summed E-state index contributed by atoms with van der Waals surface area (Å²) in [7, 11) is 3.85. The van der Waals surface area contributed by atoms with Crippen LogP contribution in [-0.4, -0.2) is 43.9 Å². The molecule has 144 valence electrons. The Labute approximate surface area is 160 Å². The average Bonchev–Trinajstić information content (AvgIpc) is 2.63. The number of hydrogen-bond acceptors (Lipinski definition) is 4. The van der Waals surface area contributed by atoms with Crippen LogP contribution in [0.5, 0.6) is 11.5 Å². The fourth-order valence-electron chi connectivity index (χ4n) is 2.24. The number of nitrogens with zero attached hydrogens (tertiary/aromatic N) is 1. The van der Waals surface area contributed by atoms with Gasteiger partial charge in [-0.1, -0.05) is 18.2 Å². The van der Waals surface area contributed by atoms with Crippen molar-refractivity contribution in [1.29, 1.82) is 0 Å². The van der Waals surface area contributed by atoms with Gasteiger partial charge in [-0.2, -0.15) is 0 Å². The molecule has 0 aliphatic carbocycles. The summed E-state index contributed by atoms with van der Waals surface area (Å²) in [5.41, 5.74) is -0.569. The van der Waals surface area contributed by atoms with Crippen molar-refractivity contribution in [2.24, 2.45) is 5.41 Å². The Morgan fingerprint density at radius 1 is 0.926 bits per heavy atom. The molecule has 0 unspecified atom stereocenters. The van der Waals surface area contributed by atoms with E-state index in [0.717, 1.165) is 5.75 Å². The molecule has 2 amide bonds. The molecule has 0 saturated heterocycles. The molecule has 2 aromatic rings. The number of ether oxygens (including phenoxy) is 1. The maximum absolute atomic E-state index is 12.5. The van der Waals surface area contributed by atoms with E-state index in [-0.39, 0.29) is 11.8 Å². The number of hydrogen-bond donors (Lipinski definition) is 2. The molecule has 0 heterocycles. The van der Waals surface area contributed by atoms with Crippen LogP contribution in [0.4, 0.5) is 5.69 Å². The average molecular weight is 369 g/mol. The molecule has 0 radical (unpaired) electrons. The molecule has 0 fully saturated rings. The molecular weight excluding hydrogens is 342 g/mol. The zero-order valence-electron chi connectivity index (χ0n) is 16.3. The zero-order valence-corrected chi connectivity index (χ0v) is 16.3. The van der Waals surface area contributed by atoms with Crippen LogP contribution in [0.3, 0.4) is 0 Å². The lowest BCUT2D eigenvalue weighted by Gasteiger charge is -2.23. The number of amides is 2. The van der Waals surface area contributed by atoms with Gasteiger partial charge in [-0.25, -0.2) is 0 Å². The summed E-state index contributed by atoms with van der Waals surface area (Å²) in [6.45, 7) is 4.43. The fourth-order valence-corrected chi connectivity index (χ4v) is 2.24. The van der Waals surface area contributed by atoms with Gasteiger partial charge in [0.05, 0.1) is 0 Å². The van der Waals surface area contributed by atoms with Crippen LogP contribution in [0.2, 0.25) is 0 Å². The molecule has 2 N–H and O–H groups in total. The maximum atomic E-state index is 12.5. The lowest BCUT2D eigenvalue weighted by atomic mass is 9.91. The summed E-state index contributed by atoms with van der Waals surface area (Å²) < 4.78 is 5.73. The molecular formula is C21H27N3O3. The Morgan fingerprint density at radius 3 is 2.11 bits per heavy atom. The summed E-state index contributed by atoms with van der Waals surface area (Å²) in [5.74, 6) is 0.747. The quantitative estimate of drug-likeness (QED) is 0.702. The molecule has 2 aromatic carbocycles. The lowest BCUT2D eigenvalue weighted by Crippen LogP contribution is -2.46. The van der Waals surface area contributed by atoms with Crippen molar-refractivity contribution < 1.29 is 14.3 Å². The van der Waals surface area contributed by atoms with Crippen molar-refractivity contribution >= 4 is 17.5 Å². The maximum Gasteiger partial charge on any atom is 0.239 e. The lowest BCUT2D eigenvalue weighted by molar-refractivity contribution is -0.138. The normalized spacial score (nSPS) is 11.1. The second-order valence-electron chi connectivity index (χ2n) is 7.08. The zero-order chi connectivity index (χ0) is 19.9. The molecule has 0 aliphatic heterocycles. The van der Waals surface area contributed by atoms with E-state index >= 15 is 0 Å². The number of para-hydroxylation sites is 1. The molecule has 6 heteroatoms. The van der Waals surface area contributed by atoms with Crippen LogP contribution in [0.1, 0.15) is 13.8 Å². The Bertz CT molecular complexity index is 756. The van der Waals surface area contributed by atoms with Gasteiger partial charge in [0.1, 0.15) is 16.9 Å². The fraction of sp³-hybridized carbons (Fsp3) is 0.333. The van der Waals surface area contributed by atoms with E-state index in [4.69, 9.17) is 4.74 Å². The Morgan fingerprint density at radius 2 is 1.52 bits per heavy atom. The molecule has 0 aliphatic rings. The van der Waals surface area contributed by atoms with E-state index in [0.29, 0.717) is 24.5 Å². The van der Waals surface area contributed by atoms with Gasteiger partial charge in [-0.15, -0.1) is 0 Å². The summed E-state index contributed by atoms with van der Waals surface area (Å²) >= 11 is 0. The summed E-state index contributed by atoms with van der Waals surface area (Å²) in [4.78, 5) is 26.8. The molecule has 0 saturated carbocycles. The first-order valence-corrected chi connectivity index (χ1v) is 8.86. The predicted molar refractivity (Wildman–Crippen MR) is 107 cm³/mol. The minimum atomic E-state index is -1.18. The van der Waals surface area contributed by atoms with Crippen molar-refractivity contribution in [3.05, 3.63) is 54.6 Å². The van der Waals surface area contributed by atoms with Gasteiger partial charge >= 0.3 is 0 Å². The number of nitrogens with one attached hydrogen (secondary N) is 2. The standard InChI is InChI=1S/C21H27N3O3/c1-21(2,19(25)22-14-15-24(3)4)20(26)23-16-10-12-18(13-11-16)27-17-8-6-5-7-9-17/h5-13H,14-15H2,1-4H3,(H,22,25)(H,23,26). The Hall–Kier alpha value is -2.86. The number of carbonyl (C=O) groups is 2. The van der Waals surface area contributed by atoms with Crippen LogP contribution < -0.4 is 15.4 Å². The molecule has 0 aromatic heterocycles. The molecule has 27 heavy (non-hydrogen) atoms. The first-order chi connectivity index (χ1) is 12.8. The topological polar surface area (TPSA) is 70.7 Å². The Balaban J connectivity index is 1.93. The van der Waals surface area contributed by atoms with Crippen molar-refractivity contribution in [3.63, 3.8) is 0 Å². The highest BCUT2D eigenvalue weighted by atomic mass is 16.5. The third kappa shape index (κ3) is 6.11. The van der Waals surface area contributed by atoms with E-state index < -0.39 is 5.41 Å². The van der Waals surface area contributed by atoms with Gasteiger partial charge < -0.3 is 20.3 Å². The largest absolute Gasteiger partial charge is 0.457 e. The smallest absolute Gasteiger partial charge is 0.239 e. The second-order valence-corrected chi connectivity index (χ2v) is 7.08. The molecule has 0 bridgehead atoms. The van der Waals surface area contributed by atoms with Crippen molar-refractivity contribution in [3.8, 4) is 11.5 Å². The van der Waals surface area contributed by atoms with Crippen LogP contribution in [0.15, 0.2) is 54.6 Å². The minimum absolute atomic E-state index is 0.300. The monoisotopic (exact) mass is 369 g/mol. The van der Waals surface area contributed by atoms with Crippen LogP contribution in [0.25, 0.3) is 0 Å². The first-order valence-electron chi connectivity index (χ1n) is 8.86. The molecule has 0 spiro atoms. The van der Waals surface area contributed by atoms with Crippen molar-refractivity contribution in [1.82, 2.24) is 10.2 Å². The first kappa shape index (κ1) is 20.5. The van der Waals surface area contributed by atoms with Gasteiger partial charge in [0.25, 0.3) is 0 Å². The van der Waals surface area contributed by atoms with Crippen LogP contribution in [-0.2, 0) is 9.59 Å². The van der Waals surface area contributed by atoms with E-state index in [9.17, 15) is 9.59 Å². The number of benzene rings is 2. The second kappa shape index (κ2) is 9.19. The number of likely N-dealkylation sites (N-methyl/N-ethyl adjacent to an activating group) is 1. The van der Waals surface area contributed by atoms with E-state index in [1.165, 1.54) is 0 Å². The number of carbonyl (C=O) groups excluding carboxylic acids is 2. The summed E-state index contributed by atoms with van der Waals surface area (Å²) in [6.07, 6.45) is 0. The SMILES string of the molecule is CN(C)CCNC(=O)C(C)(C)C(=O)Nc1ccc(Oc2ccccc2)cc1. The van der Waals surface area contributed by atoms with Gasteiger partial charge in [0.2, 0.25) is 11.8 Å². The summed E-state index contributed by atoms with van der Waals surface area (Å²) in [5, 5.41) is 5.58. The van der Waals surface area contributed by atoms with Gasteiger partial charge in [0, 0.05) is 18.8 Å². The van der Waals surface area contributed by atoms with Gasteiger partial charge in [-0.05, 0) is 64.3 Å². The summed E-state index contributed by atoms with van der Waals surface area (Å²) in [6, 6.07) is 16.5. The van der Waals surface area contributed by atoms with Crippen LogP contribution >= 0.6 is 0 Å². The molecule has 6 nitrogen and oxygen atoms in total. The highest BCUT2D eigenvalue weighted by molar-refractivity contribution is 6.09. The van der Waals surface area contributed by atoms with Crippen LogP contribution in [0, 0.1) is 5.41 Å². The third-order valence-corrected chi connectivity index (χ3v) is 4.07. The highest BCUT2D eigenvalue weighted by Gasteiger charge is 2.35. The number of anilines is 1. The number of rotatable bonds is 8. The van der Waals surface area contributed by atoms with Crippen molar-refractivity contribution in [2.75, 3.05) is 32.5 Å². The van der Waals surface area contributed by atoms with E-state index in [2.05, 4.69) is 10.6 Å². The highest BCUT2D eigenvalue weighted by Crippen LogP contribution is 2.24. The predicted octanol–water partition coefficient (Wildman–Crippen LogP) is 3.12. The van der Waals surface area contributed by atoms with Gasteiger partial charge in [0.15, 0.2) is 0 Å².